The first-order valence-corrected chi connectivity index (χ1v) is 17.2. The highest BCUT2D eigenvalue weighted by molar-refractivity contribution is 7.85. The van der Waals surface area contributed by atoms with Crippen LogP contribution in [-0.4, -0.2) is 34.7 Å². The molecule has 0 saturated carbocycles. The third-order valence-corrected chi connectivity index (χ3v) is 11.3. The van der Waals surface area contributed by atoms with Crippen molar-refractivity contribution >= 4 is 57.8 Å². The lowest BCUT2D eigenvalue weighted by Gasteiger charge is -2.21. The van der Waals surface area contributed by atoms with Gasteiger partial charge in [-0.25, -0.2) is 0 Å². The predicted molar refractivity (Wildman–Crippen MR) is 191 cm³/mol. The minimum absolute atomic E-state index is 0.106. The molecule has 8 heteroatoms. The Bertz CT molecular complexity index is 2030. The molecule has 0 radical (unpaired) electrons. The van der Waals surface area contributed by atoms with E-state index in [9.17, 15) is 28.8 Å². The third kappa shape index (κ3) is 6.63. The highest BCUT2D eigenvalue weighted by atomic mass is 31.2. The summed E-state index contributed by atoms with van der Waals surface area (Å²) in [7, 11) is -3.76. The minimum Gasteiger partial charge on any atom is -0.309 e. The van der Waals surface area contributed by atoms with Gasteiger partial charge in [-0.15, -0.1) is 0 Å². The average Bonchev–Trinajstić information content (AvgIpc) is 3.20. The molecule has 0 saturated heterocycles. The molecule has 6 aromatic rings. The summed E-state index contributed by atoms with van der Waals surface area (Å²) < 4.78 is 15.3. The van der Waals surface area contributed by atoms with Gasteiger partial charge in [-0.1, -0.05) is 164 Å². The van der Waals surface area contributed by atoms with Crippen molar-refractivity contribution in [3.8, 4) is 0 Å². The molecule has 0 aliphatic heterocycles. The van der Waals surface area contributed by atoms with Crippen molar-refractivity contribution in [2.24, 2.45) is 0 Å². The van der Waals surface area contributed by atoms with Crippen LogP contribution in [0.2, 0.25) is 0 Å². The quantitative estimate of drug-likeness (QED) is 0.0824. The van der Waals surface area contributed by atoms with Gasteiger partial charge in [0.1, 0.15) is 0 Å². The summed E-state index contributed by atoms with van der Waals surface area (Å²) in [5, 5.41) is 0.917. The largest absolute Gasteiger partial charge is 0.309 e. The first kappa shape index (κ1) is 33.5. The molecule has 6 rings (SSSR count). The van der Waals surface area contributed by atoms with Crippen molar-refractivity contribution in [1.82, 2.24) is 0 Å². The van der Waals surface area contributed by atoms with E-state index in [0.29, 0.717) is 15.9 Å². The van der Waals surface area contributed by atoms with E-state index in [1.807, 2.05) is 0 Å². The highest BCUT2D eigenvalue weighted by Crippen LogP contribution is 2.42. The maximum Gasteiger partial charge on any atom is 0.233 e. The van der Waals surface area contributed by atoms with Gasteiger partial charge in [-0.05, 0) is 0 Å². The second kappa shape index (κ2) is 14.4. The molecular weight excluding hydrogens is 647 g/mol. The van der Waals surface area contributed by atoms with Crippen LogP contribution in [0.5, 0.6) is 0 Å². The lowest BCUT2D eigenvalue weighted by Crippen LogP contribution is -2.26. The van der Waals surface area contributed by atoms with E-state index < -0.39 is 41.8 Å². The number of rotatable bonds is 12. The van der Waals surface area contributed by atoms with Crippen molar-refractivity contribution in [2.45, 2.75) is 0 Å². The van der Waals surface area contributed by atoms with E-state index in [0.717, 1.165) is 0 Å². The SMILES string of the molecule is O=C(C(=O)c1ccc(P(=O)(c2ccc(C(=O)C(=O)c3ccccc3)cc2)c2ccc(C(=O)C(=O)c3ccccc3)cc2)cc1)c1ccccc1. The van der Waals surface area contributed by atoms with Crippen molar-refractivity contribution in [3.05, 3.63) is 197 Å². The summed E-state index contributed by atoms with van der Waals surface area (Å²) in [6.07, 6.45) is 0. The van der Waals surface area contributed by atoms with Crippen LogP contribution in [0, 0.1) is 0 Å². The zero-order valence-electron chi connectivity index (χ0n) is 26.4. The van der Waals surface area contributed by atoms with Gasteiger partial charge in [0.15, 0.2) is 7.14 Å². The number of hydrogen-bond donors (Lipinski definition) is 0. The normalized spacial score (nSPS) is 11.0. The van der Waals surface area contributed by atoms with E-state index in [1.54, 1.807) is 91.0 Å². The summed E-state index contributed by atoms with van der Waals surface area (Å²) in [6, 6.07) is 42.0. The fraction of sp³-hybridized carbons (Fsp3) is 0. The lowest BCUT2D eigenvalue weighted by molar-refractivity contribution is 0.0817. The van der Waals surface area contributed by atoms with E-state index in [2.05, 4.69) is 0 Å². The van der Waals surface area contributed by atoms with Crippen LogP contribution in [0.15, 0.2) is 164 Å². The fourth-order valence-corrected chi connectivity index (χ4v) is 8.07. The monoisotopic (exact) mass is 674 g/mol. The van der Waals surface area contributed by atoms with Crippen LogP contribution >= 0.6 is 7.14 Å². The minimum atomic E-state index is -3.76. The Kier molecular flexibility index (Phi) is 9.61. The van der Waals surface area contributed by atoms with Gasteiger partial charge in [-0.2, -0.15) is 0 Å². The number of carbonyl (C=O) groups excluding carboxylic acids is 6. The zero-order chi connectivity index (χ0) is 35.3. The standard InChI is InChI=1S/C42H27O7P/c43-37(28-10-4-1-5-11-28)40(46)31-16-22-34(23-17-31)50(49,35-24-18-32(19-25-35)41(47)38(44)29-12-6-2-7-13-29)36-26-20-33(21-27-36)42(48)39(45)30-14-8-3-9-15-30/h1-27H. The van der Waals surface area contributed by atoms with Crippen LogP contribution < -0.4 is 15.9 Å². The molecule has 7 nitrogen and oxygen atoms in total. The molecule has 0 atom stereocenters. The number of Topliss-reactive ketones (excluding diaryl/α,β-unsaturated/α-hetero) is 6. The van der Waals surface area contributed by atoms with Crippen molar-refractivity contribution < 1.29 is 33.3 Å². The number of hydrogen-bond acceptors (Lipinski definition) is 7. The first-order chi connectivity index (χ1) is 24.2. The summed E-state index contributed by atoms with van der Waals surface area (Å²) >= 11 is 0. The molecule has 0 aliphatic rings. The molecule has 0 aromatic heterocycles. The molecule has 0 unspecified atom stereocenters. The Morgan fingerprint density at radius 1 is 0.260 bits per heavy atom. The Balaban J connectivity index is 1.36. The van der Waals surface area contributed by atoms with Crippen LogP contribution in [0.4, 0.5) is 0 Å². The van der Waals surface area contributed by atoms with Crippen molar-refractivity contribution in [3.63, 3.8) is 0 Å². The van der Waals surface area contributed by atoms with Crippen molar-refractivity contribution in [1.29, 1.82) is 0 Å². The molecule has 50 heavy (non-hydrogen) atoms. The Morgan fingerprint density at radius 3 is 0.640 bits per heavy atom. The maximum atomic E-state index is 15.3. The van der Waals surface area contributed by atoms with Crippen LogP contribution in [0.25, 0.3) is 0 Å². The highest BCUT2D eigenvalue weighted by Gasteiger charge is 2.32. The van der Waals surface area contributed by atoms with Gasteiger partial charge in [0.25, 0.3) is 0 Å². The second-order valence-electron chi connectivity index (χ2n) is 11.3. The van der Waals surface area contributed by atoms with Crippen LogP contribution in [-0.2, 0) is 4.57 Å². The summed E-state index contributed by atoms with van der Waals surface area (Å²) in [5.41, 5.74) is 1.05. The second-order valence-corrected chi connectivity index (χ2v) is 14.1. The average molecular weight is 675 g/mol. The topological polar surface area (TPSA) is 119 Å². The molecule has 0 fully saturated rings. The molecule has 0 N–H and O–H groups in total. The van der Waals surface area contributed by atoms with Crippen molar-refractivity contribution in [2.75, 3.05) is 0 Å². The van der Waals surface area contributed by atoms with E-state index in [-0.39, 0.29) is 33.4 Å². The third-order valence-electron chi connectivity index (χ3n) is 8.21. The Labute approximate surface area is 287 Å². The number of ketones is 6. The van der Waals surface area contributed by atoms with E-state index >= 15 is 4.57 Å². The van der Waals surface area contributed by atoms with Gasteiger partial charge in [0.2, 0.25) is 34.7 Å². The molecule has 0 heterocycles. The van der Waals surface area contributed by atoms with Crippen LogP contribution in [0.3, 0.4) is 0 Å². The summed E-state index contributed by atoms with van der Waals surface area (Å²) in [4.78, 5) is 77.5. The first-order valence-electron chi connectivity index (χ1n) is 15.5. The van der Waals surface area contributed by atoms with Gasteiger partial charge in [0, 0.05) is 49.3 Å². The summed E-state index contributed by atoms with van der Waals surface area (Å²) in [5.74, 6) is -4.23. The smallest absolute Gasteiger partial charge is 0.233 e. The number of benzene rings is 6. The maximum absolute atomic E-state index is 15.3. The van der Waals surface area contributed by atoms with Gasteiger partial charge in [-0.3, -0.25) is 28.8 Å². The van der Waals surface area contributed by atoms with Gasteiger partial charge >= 0.3 is 0 Å². The Morgan fingerprint density at radius 2 is 0.440 bits per heavy atom. The molecule has 242 valence electrons. The number of carbonyl (C=O) groups is 6. The lowest BCUT2D eigenvalue weighted by atomic mass is 10.0. The molecular formula is C42H27O7P. The summed E-state index contributed by atoms with van der Waals surface area (Å²) in [6.45, 7) is 0. The van der Waals surface area contributed by atoms with Gasteiger partial charge in [0.05, 0.1) is 0 Å². The van der Waals surface area contributed by atoms with E-state index in [4.69, 9.17) is 0 Å². The molecule has 0 bridgehead atoms. The molecule has 6 aromatic carbocycles. The van der Waals surface area contributed by atoms with E-state index in [1.165, 1.54) is 72.8 Å². The zero-order valence-corrected chi connectivity index (χ0v) is 27.3. The Hall–Kier alpha value is -6.43. The molecule has 0 spiro atoms. The molecule has 0 amide bonds. The van der Waals surface area contributed by atoms with Crippen LogP contribution in [0.1, 0.15) is 62.1 Å². The fourth-order valence-electron chi connectivity index (χ4n) is 5.47. The predicted octanol–water partition coefficient (Wildman–Crippen LogP) is 6.52. The molecule has 0 aliphatic carbocycles. The van der Waals surface area contributed by atoms with Gasteiger partial charge < -0.3 is 4.57 Å².